The number of amides is 2. The predicted octanol–water partition coefficient (Wildman–Crippen LogP) is 2.92. The van der Waals surface area contributed by atoms with E-state index in [2.05, 4.69) is 15.6 Å². The minimum Gasteiger partial charge on any atom is -0.394 e. The van der Waals surface area contributed by atoms with E-state index in [1.807, 2.05) is 35.9 Å². The van der Waals surface area contributed by atoms with Crippen molar-refractivity contribution in [2.45, 2.75) is 51.7 Å². The zero-order valence-electron chi connectivity index (χ0n) is 16.7. The second-order valence-electron chi connectivity index (χ2n) is 6.69. The lowest BCUT2D eigenvalue weighted by Crippen LogP contribution is -2.42. The van der Waals surface area contributed by atoms with Gasteiger partial charge in [-0.3, -0.25) is 4.98 Å². The van der Waals surface area contributed by atoms with Crippen molar-refractivity contribution in [3.05, 3.63) is 48.3 Å². The summed E-state index contributed by atoms with van der Waals surface area (Å²) in [7, 11) is -4.05. The molecule has 0 aliphatic heterocycles. The molecule has 2 amide bonds. The Labute approximate surface area is 166 Å². The molecule has 0 bridgehead atoms. The monoisotopic (exact) mass is 408 g/mol. The molecular weight excluding hydrogens is 380 g/mol. The van der Waals surface area contributed by atoms with E-state index in [9.17, 15) is 13.2 Å². The SMILES string of the molecule is CC(C)O.Cc1cccc(Nc2ccncc2S(=O)(=O)NC(=O)NC(C)C)c1. The average Bonchev–Trinajstić information content (AvgIpc) is 2.53. The third-order valence-electron chi connectivity index (χ3n) is 3.02. The van der Waals surface area contributed by atoms with Crippen LogP contribution in [-0.4, -0.2) is 36.7 Å². The molecule has 2 aromatic rings. The van der Waals surface area contributed by atoms with Gasteiger partial charge >= 0.3 is 6.03 Å². The molecule has 0 saturated heterocycles. The fourth-order valence-corrected chi connectivity index (χ4v) is 3.07. The number of sulfonamides is 1. The van der Waals surface area contributed by atoms with E-state index in [-0.39, 0.29) is 17.0 Å². The van der Waals surface area contributed by atoms with Crippen molar-refractivity contribution in [3.63, 3.8) is 0 Å². The summed E-state index contributed by atoms with van der Waals surface area (Å²) in [5.74, 6) is 0. The van der Waals surface area contributed by atoms with Gasteiger partial charge in [0.25, 0.3) is 10.0 Å². The highest BCUT2D eigenvalue weighted by atomic mass is 32.2. The number of pyridine rings is 1. The predicted molar refractivity (Wildman–Crippen MR) is 110 cm³/mol. The Balaban J connectivity index is 0.000000892. The van der Waals surface area contributed by atoms with Crippen LogP contribution >= 0.6 is 0 Å². The molecule has 0 fully saturated rings. The second kappa shape index (κ2) is 10.6. The summed E-state index contributed by atoms with van der Waals surface area (Å²) in [4.78, 5) is 15.5. The van der Waals surface area contributed by atoms with Gasteiger partial charge in [-0.15, -0.1) is 0 Å². The number of nitrogens with zero attached hydrogens (tertiary/aromatic N) is 1. The maximum atomic E-state index is 12.5. The van der Waals surface area contributed by atoms with Gasteiger partial charge in [-0.2, -0.15) is 0 Å². The van der Waals surface area contributed by atoms with Crippen molar-refractivity contribution in [1.82, 2.24) is 15.0 Å². The highest BCUT2D eigenvalue weighted by Gasteiger charge is 2.22. The molecule has 0 unspecified atom stereocenters. The van der Waals surface area contributed by atoms with E-state index in [0.717, 1.165) is 11.3 Å². The maximum absolute atomic E-state index is 12.5. The van der Waals surface area contributed by atoms with Crippen molar-refractivity contribution < 1.29 is 18.3 Å². The number of carbonyl (C=O) groups is 1. The number of nitrogens with one attached hydrogen (secondary N) is 3. The van der Waals surface area contributed by atoms with E-state index in [1.54, 1.807) is 27.7 Å². The van der Waals surface area contributed by atoms with E-state index in [4.69, 9.17) is 5.11 Å². The molecule has 0 atom stereocenters. The largest absolute Gasteiger partial charge is 0.394 e. The van der Waals surface area contributed by atoms with E-state index in [0.29, 0.717) is 5.69 Å². The number of carbonyl (C=O) groups excluding carboxylic acids is 1. The number of aryl methyl sites for hydroxylation is 1. The summed E-state index contributed by atoms with van der Waals surface area (Å²) >= 11 is 0. The maximum Gasteiger partial charge on any atom is 0.328 e. The molecule has 0 spiro atoms. The Morgan fingerprint density at radius 2 is 1.79 bits per heavy atom. The number of benzene rings is 1. The Morgan fingerprint density at radius 1 is 1.14 bits per heavy atom. The lowest BCUT2D eigenvalue weighted by molar-refractivity contribution is 0.216. The molecular formula is C19H28N4O4S. The Kier molecular flexibility index (Phi) is 8.87. The molecule has 1 aromatic heterocycles. The number of aliphatic hydroxyl groups is 1. The lowest BCUT2D eigenvalue weighted by Gasteiger charge is -2.14. The molecule has 0 saturated carbocycles. The zero-order valence-corrected chi connectivity index (χ0v) is 17.5. The Morgan fingerprint density at radius 3 is 2.36 bits per heavy atom. The molecule has 0 aliphatic rings. The van der Waals surface area contributed by atoms with Crippen LogP contribution in [-0.2, 0) is 10.0 Å². The number of anilines is 2. The van der Waals surface area contributed by atoms with E-state index >= 15 is 0 Å². The highest BCUT2D eigenvalue weighted by molar-refractivity contribution is 7.90. The molecule has 2 rings (SSSR count). The van der Waals surface area contributed by atoms with Crippen molar-refractivity contribution >= 4 is 27.4 Å². The van der Waals surface area contributed by atoms with Crippen LogP contribution in [0.25, 0.3) is 0 Å². The first-order valence-electron chi connectivity index (χ1n) is 8.80. The van der Waals surface area contributed by atoms with Crippen LogP contribution in [0.15, 0.2) is 47.6 Å². The first kappa shape index (κ1) is 23.4. The molecule has 1 heterocycles. The van der Waals surface area contributed by atoms with Crippen molar-refractivity contribution in [3.8, 4) is 0 Å². The van der Waals surface area contributed by atoms with Gasteiger partial charge in [0, 0.05) is 30.2 Å². The number of hydrogen-bond acceptors (Lipinski definition) is 6. The number of urea groups is 1. The van der Waals surface area contributed by atoms with Gasteiger partial charge in [-0.05, 0) is 58.4 Å². The standard InChI is InChI=1S/C16H20N4O3S.C3H8O/c1-11(2)18-16(21)20-24(22,23)15-10-17-8-7-14(15)19-13-6-4-5-12(3)9-13;1-3(2)4/h4-11H,1-3H3,(H,17,19)(H2,18,20,21);3-4H,1-2H3. The Bertz CT molecular complexity index is 880. The number of hydrogen-bond donors (Lipinski definition) is 4. The minimum absolute atomic E-state index is 0.106. The van der Waals surface area contributed by atoms with Crippen molar-refractivity contribution in [1.29, 1.82) is 0 Å². The number of rotatable bonds is 5. The average molecular weight is 409 g/mol. The van der Waals surface area contributed by atoms with Crippen LogP contribution in [0.1, 0.15) is 33.3 Å². The fourth-order valence-electron chi connectivity index (χ4n) is 2.04. The van der Waals surface area contributed by atoms with Gasteiger partial charge in [0.05, 0.1) is 5.69 Å². The molecule has 1 aromatic carbocycles. The first-order valence-corrected chi connectivity index (χ1v) is 10.3. The van der Waals surface area contributed by atoms with Gasteiger partial charge in [-0.25, -0.2) is 17.9 Å². The zero-order chi connectivity index (χ0) is 21.3. The van der Waals surface area contributed by atoms with Gasteiger partial charge in [-0.1, -0.05) is 12.1 Å². The van der Waals surface area contributed by atoms with Crippen LogP contribution in [0.4, 0.5) is 16.2 Å². The van der Waals surface area contributed by atoms with Gasteiger partial charge in [0.15, 0.2) is 0 Å². The summed E-state index contributed by atoms with van der Waals surface area (Å²) in [6, 6.07) is 8.08. The summed E-state index contributed by atoms with van der Waals surface area (Å²) in [6.45, 7) is 8.86. The molecule has 154 valence electrons. The van der Waals surface area contributed by atoms with Crippen LogP contribution < -0.4 is 15.4 Å². The smallest absolute Gasteiger partial charge is 0.328 e. The fraction of sp³-hybridized carbons (Fsp3) is 0.368. The third-order valence-corrected chi connectivity index (χ3v) is 4.38. The second-order valence-corrected chi connectivity index (χ2v) is 8.34. The summed E-state index contributed by atoms with van der Waals surface area (Å²) in [5, 5.41) is 13.6. The first-order chi connectivity index (χ1) is 13.0. The normalized spacial score (nSPS) is 10.9. The summed E-state index contributed by atoms with van der Waals surface area (Å²) in [5.41, 5.74) is 2.11. The molecule has 0 radical (unpaired) electrons. The van der Waals surface area contributed by atoms with E-state index in [1.165, 1.54) is 18.5 Å². The quantitative estimate of drug-likeness (QED) is 0.604. The number of aliphatic hydroxyl groups excluding tert-OH is 1. The van der Waals surface area contributed by atoms with Crippen LogP contribution in [0.3, 0.4) is 0 Å². The topological polar surface area (TPSA) is 120 Å². The lowest BCUT2D eigenvalue weighted by atomic mass is 10.2. The van der Waals surface area contributed by atoms with Crippen molar-refractivity contribution in [2.24, 2.45) is 0 Å². The van der Waals surface area contributed by atoms with Gasteiger partial charge in [0.2, 0.25) is 0 Å². The van der Waals surface area contributed by atoms with Crippen LogP contribution in [0.5, 0.6) is 0 Å². The Hall–Kier alpha value is -2.65. The number of aromatic nitrogens is 1. The molecule has 0 aliphatic carbocycles. The molecule has 9 heteroatoms. The van der Waals surface area contributed by atoms with Gasteiger partial charge < -0.3 is 15.7 Å². The summed E-state index contributed by atoms with van der Waals surface area (Å²) in [6.07, 6.45) is 2.51. The van der Waals surface area contributed by atoms with Crippen molar-refractivity contribution in [2.75, 3.05) is 5.32 Å². The summed E-state index contributed by atoms with van der Waals surface area (Å²) < 4.78 is 26.9. The van der Waals surface area contributed by atoms with Crippen LogP contribution in [0, 0.1) is 6.92 Å². The third kappa shape index (κ3) is 8.36. The minimum atomic E-state index is -4.05. The molecule has 28 heavy (non-hydrogen) atoms. The molecule has 4 N–H and O–H groups in total. The van der Waals surface area contributed by atoms with Crippen LogP contribution in [0.2, 0.25) is 0 Å². The highest BCUT2D eigenvalue weighted by Crippen LogP contribution is 2.24. The molecule has 8 nitrogen and oxygen atoms in total. The van der Waals surface area contributed by atoms with Gasteiger partial charge in [0.1, 0.15) is 4.90 Å². The van der Waals surface area contributed by atoms with E-state index < -0.39 is 16.1 Å².